The van der Waals surface area contributed by atoms with Crippen LogP contribution in [0, 0.1) is 0 Å². The van der Waals surface area contributed by atoms with Gasteiger partial charge in [-0.15, -0.1) is 0 Å². The predicted octanol–water partition coefficient (Wildman–Crippen LogP) is 2.88. The monoisotopic (exact) mass is 369 g/mol. The number of fused-ring (bicyclic) bond motifs is 1. The lowest BCUT2D eigenvalue weighted by Crippen LogP contribution is -2.29. The van der Waals surface area contributed by atoms with Crippen LogP contribution in [0.5, 0.6) is 0 Å². The lowest BCUT2D eigenvalue weighted by molar-refractivity contribution is 0.0937. The maximum Gasteiger partial charge on any atom is 0.262 e. The first-order valence-corrected chi connectivity index (χ1v) is 9.61. The molecule has 1 N–H and O–H groups in total. The lowest BCUT2D eigenvalue weighted by atomic mass is 10.2. The number of nitrogens with zero attached hydrogens (tertiary/aromatic N) is 2. The highest BCUT2D eigenvalue weighted by Gasteiger charge is 2.20. The zero-order valence-electron chi connectivity index (χ0n) is 14.2. The summed E-state index contributed by atoms with van der Waals surface area (Å²) in [5.74, 6) is 0.197. The van der Waals surface area contributed by atoms with Crippen molar-refractivity contribution in [2.24, 2.45) is 0 Å². The maximum absolute atomic E-state index is 13.0. The van der Waals surface area contributed by atoms with E-state index in [1.54, 1.807) is 29.0 Å². The summed E-state index contributed by atoms with van der Waals surface area (Å²) in [6.45, 7) is 1.20. The summed E-state index contributed by atoms with van der Waals surface area (Å²) in [5.41, 5.74) is 1.13. The van der Waals surface area contributed by atoms with Gasteiger partial charge in [0.25, 0.3) is 5.56 Å². The van der Waals surface area contributed by atoms with E-state index in [9.17, 15) is 9.59 Å². The summed E-state index contributed by atoms with van der Waals surface area (Å²) in [4.78, 5) is 32.8. The number of carbonyl (C=O) groups excluding carboxylic acids is 1. The zero-order valence-corrected chi connectivity index (χ0v) is 15.0. The number of ether oxygens (including phenoxy) is 1. The first kappa shape index (κ1) is 17.1. The van der Waals surface area contributed by atoms with Crippen molar-refractivity contribution in [1.82, 2.24) is 14.5 Å². The first-order chi connectivity index (χ1) is 12.7. The van der Waals surface area contributed by atoms with Gasteiger partial charge in [-0.2, -0.15) is 0 Å². The Labute approximate surface area is 154 Å². The average Bonchev–Trinajstić information content (AvgIpc) is 3.36. The van der Waals surface area contributed by atoms with Crippen molar-refractivity contribution in [3.8, 4) is 0 Å². The van der Waals surface area contributed by atoms with Gasteiger partial charge in [0.05, 0.1) is 35.0 Å². The van der Waals surface area contributed by atoms with Gasteiger partial charge in [-0.1, -0.05) is 23.9 Å². The molecule has 0 aliphatic carbocycles. The van der Waals surface area contributed by atoms with Crippen LogP contribution in [0.1, 0.15) is 23.3 Å². The highest BCUT2D eigenvalue weighted by molar-refractivity contribution is 7.99. The Kier molecular flexibility index (Phi) is 4.90. The highest BCUT2D eigenvalue weighted by atomic mass is 32.2. The molecule has 1 aliphatic rings. The summed E-state index contributed by atoms with van der Waals surface area (Å²) >= 11 is 1.29. The quantitative estimate of drug-likeness (QED) is 0.411. The summed E-state index contributed by atoms with van der Waals surface area (Å²) in [7, 11) is 0. The zero-order chi connectivity index (χ0) is 17.9. The van der Waals surface area contributed by atoms with Crippen LogP contribution >= 0.6 is 11.8 Å². The fourth-order valence-electron chi connectivity index (χ4n) is 3.12. The van der Waals surface area contributed by atoms with Gasteiger partial charge < -0.3 is 9.72 Å². The van der Waals surface area contributed by atoms with Crippen LogP contribution in [0.15, 0.2) is 52.5 Å². The van der Waals surface area contributed by atoms with Crippen molar-refractivity contribution in [3.63, 3.8) is 0 Å². The molecule has 26 heavy (non-hydrogen) atoms. The van der Waals surface area contributed by atoms with E-state index >= 15 is 0 Å². The summed E-state index contributed by atoms with van der Waals surface area (Å²) in [6, 6.07) is 10.8. The lowest BCUT2D eigenvalue weighted by Gasteiger charge is -2.16. The van der Waals surface area contributed by atoms with E-state index in [-0.39, 0.29) is 23.2 Å². The van der Waals surface area contributed by atoms with E-state index in [4.69, 9.17) is 4.74 Å². The maximum atomic E-state index is 13.0. The predicted molar refractivity (Wildman–Crippen MR) is 101 cm³/mol. The smallest absolute Gasteiger partial charge is 0.262 e. The number of rotatable bonds is 6. The molecular weight excluding hydrogens is 350 g/mol. The van der Waals surface area contributed by atoms with E-state index in [0.29, 0.717) is 28.3 Å². The van der Waals surface area contributed by atoms with Crippen molar-refractivity contribution < 1.29 is 9.53 Å². The van der Waals surface area contributed by atoms with Gasteiger partial charge in [-0.25, -0.2) is 4.98 Å². The standard InChI is InChI=1S/C19H19N3O3S/c23-17(16-8-3-9-20-16)12-26-19-21-15-7-2-1-6-14(15)18(24)22(19)11-13-5-4-10-25-13/h1-3,6-9,13,20H,4-5,10-12H2/t13-/m1/s1. The molecule has 1 atom stereocenters. The molecule has 1 saturated heterocycles. The number of benzene rings is 1. The number of carbonyl (C=O) groups is 1. The highest BCUT2D eigenvalue weighted by Crippen LogP contribution is 2.21. The largest absolute Gasteiger partial charge is 0.376 e. The number of H-pyrrole nitrogens is 1. The molecule has 1 fully saturated rings. The molecule has 3 aromatic rings. The number of thioether (sulfide) groups is 1. The number of aromatic nitrogens is 3. The van der Waals surface area contributed by atoms with Crippen molar-refractivity contribution in [1.29, 1.82) is 0 Å². The molecule has 3 heterocycles. The number of Topliss-reactive ketones (excluding diaryl/α,β-unsaturated/α-hetero) is 1. The third kappa shape index (κ3) is 3.45. The van der Waals surface area contributed by atoms with Gasteiger partial charge in [0, 0.05) is 12.8 Å². The molecule has 0 saturated carbocycles. The number of hydrogen-bond acceptors (Lipinski definition) is 5. The molecule has 134 valence electrons. The second-order valence-electron chi connectivity index (χ2n) is 6.26. The minimum Gasteiger partial charge on any atom is -0.376 e. The topological polar surface area (TPSA) is 77.0 Å². The molecule has 0 spiro atoms. The molecule has 7 heteroatoms. The molecule has 1 aliphatic heterocycles. The van der Waals surface area contributed by atoms with Gasteiger partial charge in [-0.05, 0) is 37.1 Å². The Morgan fingerprint density at radius 2 is 2.19 bits per heavy atom. The van der Waals surface area contributed by atoms with Crippen LogP contribution in [0.2, 0.25) is 0 Å². The van der Waals surface area contributed by atoms with E-state index in [1.807, 2.05) is 18.2 Å². The molecule has 1 aromatic carbocycles. The van der Waals surface area contributed by atoms with Gasteiger partial charge in [-0.3, -0.25) is 14.2 Å². The molecule has 0 unspecified atom stereocenters. The second kappa shape index (κ2) is 7.47. The van der Waals surface area contributed by atoms with Gasteiger partial charge in [0.15, 0.2) is 10.9 Å². The molecule has 0 radical (unpaired) electrons. The Morgan fingerprint density at radius 1 is 1.31 bits per heavy atom. The molecular formula is C19H19N3O3S. The third-order valence-corrected chi connectivity index (χ3v) is 5.44. The minimum atomic E-state index is -0.0825. The molecule has 0 bridgehead atoms. The fourth-order valence-corrected chi connectivity index (χ4v) is 4.01. The molecule has 0 amide bonds. The van der Waals surface area contributed by atoms with Gasteiger partial charge in [0.2, 0.25) is 0 Å². The summed E-state index contributed by atoms with van der Waals surface area (Å²) < 4.78 is 7.35. The normalized spacial score (nSPS) is 17.0. The van der Waals surface area contributed by atoms with Crippen LogP contribution in [0.3, 0.4) is 0 Å². The van der Waals surface area contributed by atoms with Crippen molar-refractivity contribution >= 4 is 28.4 Å². The number of ketones is 1. The first-order valence-electron chi connectivity index (χ1n) is 8.63. The van der Waals surface area contributed by atoms with Crippen molar-refractivity contribution in [2.45, 2.75) is 30.6 Å². The van der Waals surface area contributed by atoms with Crippen LogP contribution in [-0.2, 0) is 11.3 Å². The Morgan fingerprint density at radius 3 is 2.96 bits per heavy atom. The second-order valence-corrected chi connectivity index (χ2v) is 7.20. The Hall–Kier alpha value is -2.38. The molecule has 4 rings (SSSR count). The van der Waals surface area contributed by atoms with Gasteiger partial charge >= 0.3 is 0 Å². The Bertz CT molecular complexity index is 975. The van der Waals surface area contributed by atoms with E-state index < -0.39 is 0 Å². The summed E-state index contributed by atoms with van der Waals surface area (Å²) in [6.07, 6.45) is 3.69. The van der Waals surface area contributed by atoms with Crippen molar-refractivity contribution in [3.05, 3.63) is 58.6 Å². The fraction of sp³-hybridized carbons (Fsp3) is 0.316. The van der Waals surface area contributed by atoms with Crippen LogP contribution < -0.4 is 5.56 Å². The van der Waals surface area contributed by atoms with Gasteiger partial charge in [0.1, 0.15) is 0 Å². The van der Waals surface area contributed by atoms with Crippen molar-refractivity contribution in [2.75, 3.05) is 12.4 Å². The Balaban J connectivity index is 1.66. The number of para-hydroxylation sites is 1. The average molecular weight is 369 g/mol. The van der Waals surface area contributed by atoms with E-state index in [0.717, 1.165) is 19.4 Å². The van der Waals surface area contributed by atoms with Crippen LogP contribution in [0.4, 0.5) is 0 Å². The molecule has 2 aromatic heterocycles. The van der Waals surface area contributed by atoms with Crippen LogP contribution in [-0.4, -0.2) is 38.8 Å². The SMILES string of the molecule is O=C(CSc1nc2ccccc2c(=O)n1C[C@H]1CCCO1)c1ccc[nH]1. The number of nitrogens with one attached hydrogen (secondary N) is 1. The number of aromatic amines is 1. The van der Waals surface area contributed by atoms with E-state index in [2.05, 4.69) is 9.97 Å². The van der Waals surface area contributed by atoms with E-state index in [1.165, 1.54) is 11.8 Å². The number of hydrogen-bond donors (Lipinski definition) is 1. The third-order valence-electron chi connectivity index (χ3n) is 4.47. The minimum absolute atomic E-state index is 0.0222. The molecule has 6 nitrogen and oxygen atoms in total. The summed E-state index contributed by atoms with van der Waals surface area (Å²) in [5, 5.41) is 1.15. The van der Waals surface area contributed by atoms with Crippen LogP contribution in [0.25, 0.3) is 10.9 Å².